The molecule has 23 heavy (non-hydrogen) atoms. The van der Waals surface area contributed by atoms with Gasteiger partial charge >= 0.3 is 0 Å². The molecule has 0 aliphatic heterocycles. The van der Waals surface area contributed by atoms with E-state index in [0.717, 1.165) is 0 Å². The SMILES string of the molecule is CC1(C)c2cccc3c4cccc5ccc6ccc1c(c23)c6c54. The van der Waals surface area contributed by atoms with Gasteiger partial charge < -0.3 is 0 Å². The van der Waals surface area contributed by atoms with Crippen LogP contribution in [0.1, 0.15) is 25.0 Å². The van der Waals surface area contributed by atoms with Crippen molar-refractivity contribution >= 4 is 43.1 Å². The molecule has 0 saturated heterocycles. The quantitative estimate of drug-likeness (QED) is 0.229. The van der Waals surface area contributed by atoms with E-state index in [9.17, 15) is 0 Å². The van der Waals surface area contributed by atoms with Crippen molar-refractivity contribution in [2.75, 3.05) is 0 Å². The largest absolute Gasteiger partial charge is 0.0613 e. The van der Waals surface area contributed by atoms with Crippen molar-refractivity contribution < 1.29 is 0 Å². The Hall–Kier alpha value is -2.60. The number of rotatable bonds is 0. The van der Waals surface area contributed by atoms with E-state index in [4.69, 9.17) is 0 Å². The van der Waals surface area contributed by atoms with Crippen molar-refractivity contribution in [2.45, 2.75) is 19.3 Å². The third-order valence-corrected chi connectivity index (χ3v) is 5.98. The lowest BCUT2D eigenvalue weighted by Gasteiger charge is -2.21. The fourth-order valence-electron chi connectivity index (χ4n) is 4.91. The third-order valence-electron chi connectivity index (χ3n) is 5.98. The summed E-state index contributed by atoms with van der Waals surface area (Å²) in [4.78, 5) is 0. The second-order valence-corrected chi connectivity index (χ2v) is 7.41. The van der Waals surface area contributed by atoms with Crippen molar-refractivity contribution in [3.8, 4) is 0 Å². The normalized spacial score (nSPS) is 15.7. The summed E-state index contributed by atoms with van der Waals surface area (Å²) in [6.45, 7) is 4.73. The molecule has 108 valence electrons. The maximum Gasteiger partial charge on any atom is 0.0159 e. The molecule has 5 aromatic carbocycles. The molecule has 0 nitrogen and oxygen atoms in total. The molecule has 0 aromatic heterocycles. The Morgan fingerprint density at radius 2 is 1.13 bits per heavy atom. The number of hydrogen-bond acceptors (Lipinski definition) is 0. The van der Waals surface area contributed by atoms with Crippen LogP contribution in [-0.4, -0.2) is 0 Å². The van der Waals surface area contributed by atoms with Gasteiger partial charge in [0.1, 0.15) is 0 Å². The fourth-order valence-corrected chi connectivity index (χ4v) is 4.91. The van der Waals surface area contributed by atoms with Crippen LogP contribution in [0.5, 0.6) is 0 Å². The minimum absolute atomic E-state index is 0.0824. The van der Waals surface area contributed by atoms with Gasteiger partial charge in [0.2, 0.25) is 0 Å². The van der Waals surface area contributed by atoms with E-state index < -0.39 is 0 Å². The van der Waals surface area contributed by atoms with E-state index in [0.29, 0.717) is 0 Å². The maximum atomic E-state index is 2.36. The van der Waals surface area contributed by atoms with E-state index in [1.54, 1.807) is 0 Å². The molecule has 0 saturated carbocycles. The Balaban J connectivity index is 2.15. The molecule has 0 unspecified atom stereocenters. The summed E-state index contributed by atoms with van der Waals surface area (Å²) < 4.78 is 0. The standard InChI is InChI=1S/C23H16/c1-23(2)17-8-4-7-16-15-6-3-5-13-9-10-14-11-12-18(23)22(21(16)17)20(14)19(13)15/h3-12H,1-2H3. The number of hydrogen-bond donors (Lipinski definition) is 0. The number of fused-ring (bicyclic) bond motifs is 1. The van der Waals surface area contributed by atoms with Gasteiger partial charge in [0.05, 0.1) is 0 Å². The summed E-state index contributed by atoms with van der Waals surface area (Å²) in [6, 6.07) is 22.8. The van der Waals surface area contributed by atoms with Crippen molar-refractivity contribution in [1.82, 2.24) is 0 Å². The summed E-state index contributed by atoms with van der Waals surface area (Å²) in [6.07, 6.45) is 0. The van der Waals surface area contributed by atoms with E-state index in [1.165, 1.54) is 54.2 Å². The van der Waals surface area contributed by atoms with Crippen LogP contribution in [0.4, 0.5) is 0 Å². The highest BCUT2D eigenvalue weighted by atomic mass is 14.4. The zero-order valence-corrected chi connectivity index (χ0v) is 13.3. The molecule has 0 heterocycles. The average molecular weight is 292 g/mol. The molecule has 6 rings (SSSR count). The first-order valence-corrected chi connectivity index (χ1v) is 8.31. The highest BCUT2D eigenvalue weighted by Crippen LogP contribution is 2.52. The van der Waals surface area contributed by atoms with Crippen LogP contribution in [0.15, 0.2) is 60.7 Å². The molecule has 0 heteroatoms. The maximum absolute atomic E-state index is 2.36. The molecule has 0 fully saturated rings. The van der Waals surface area contributed by atoms with Gasteiger partial charge in [-0.15, -0.1) is 0 Å². The van der Waals surface area contributed by atoms with E-state index >= 15 is 0 Å². The molecule has 0 bridgehead atoms. The monoisotopic (exact) mass is 292 g/mol. The van der Waals surface area contributed by atoms with Crippen LogP contribution < -0.4 is 0 Å². The van der Waals surface area contributed by atoms with Crippen molar-refractivity contribution in [3.05, 3.63) is 71.8 Å². The molecule has 0 N–H and O–H groups in total. The van der Waals surface area contributed by atoms with Gasteiger partial charge in [0, 0.05) is 5.41 Å². The predicted molar refractivity (Wildman–Crippen MR) is 99.8 cm³/mol. The summed E-state index contributed by atoms with van der Waals surface area (Å²) >= 11 is 0. The Morgan fingerprint density at radius 1 is 0.522 bits per heavy atom. The van der Waals surface area contributed by atoms with Crippen LogP contribution in [0.25, 0.3) is 43.1 Å². The minimum Gasteiger partial charge on any atom is -0.0613 e. The lowest BCUT2D eigenvalue weighted by atomic mass is 9.81. The van der Waals surface area contributed by atoms with Gasteiger partial charge in [-0.05, 0) is 54.2 Å². The van der Waals surface area contributed by atoms with Crippen LogP contribution >= 0.6 is 0 Å². The second-order valence-electron chi connectivity index (χ2n) is 7.41. The van der Waals surface area contributed by atoms with Crippen LogP contribution in [0.2, 0.25) is 0 Å². The summed E-state index contributed by atoms with van der Waals surface area (Å²) in [7, 11) is 0. The smallest absolute Gasteiger partial charge is 0.0159 e. The van der Waals surface area contributed by atoms with Gasteiger partial charge in [-0.2, -0.15) is 0 Å². The molecular weight excluding hydrogens is 276 g/mol. The average Bonchev–Trinajstić information content (AvgIpc) is 2.82. The first-order valence-electron chi connectivity index (χ1n) is 8.31. The molecule has 0 atom stereocenters. The zero-order valence-electron chi connectivity index (χ0n) is 13.3. The Bertz CT molecular complexity index is 1270. The summed E-state index contributed by atoms with van der Waals surface area (Å²) in [5.74, 6) is 0. The van der Waals surface area contributed by atoms with Crippen LogP contribution in [0, 0.1) is 0 Å². The lowest BCUT2D eigenvalue weighted by Crippen LogP contribution is -2.15. The molecule has 0 spiro atoms. The molecule has 0 amide bonds. The van der Waals surface area contributed by atoms with Gasteiger partial charge in [-0.25, -0.2) is 0 Å². The van der Waals surface area contributed by atoms with Crippen LogP contribution in [-0.2, 0) is 5.41 Å². The first-order chi connectivity index (χ1) is 11.2. The Labute approximate surface area is 134 Å². The van der Waals surface area contributed by atoms with Crippen LogP contribution in [0.3, 0.4) is 0 Å². The van der Waals surface area contributed by atoms with Crippen molar-refractivity contribution in [3.63, 3.8) is 0 Å². The van der Waals surface area contributed by atoms with Gasteiger partial charge in [-0.1, -0.05) is 74.5 Å². The zero-order chi connectivity index (χ0) is 15.3. The lowest BCUT2D eigenvalue weighted by molar-refractivity contribution is 0.663. The Kier molecular flexibility index (Phi) is 1.80. The van der Waals surface area contributed by atoms with E-state index in [2.05, 4.69) is 74.5 Å². The molecular formula is C23H16. The summed E-state index contributed by atoms with van der Waals surface area (Å²) in [5.41, 5.74) is 3.04. The second kappa shape index (κ2) is 3.49. The highest BCUT2D eigenvalue weighted by Gasteiger charge is 2.35. The van der Waals surface area contributed by atoms with Gasteiger partial charge in [0.15, 0.2) is 0 Å². The summed E-state index contributed by atoms with van der Waals surface area (Å²) in [5, 5.41) is 11.4. The van der Waals surface area contributed by atoms with Gasteiger partial charge in [0.25, 0.3) is 0 Å². The molecule has 1 aliphatic carbocycles. The number of benzene rings is 5. The molecule has 1 aliphatic rings. The first kappa shape index (κ1) is 11.9. The highest BCUT2D eigenvalue weighted by molar-refractivity contribution is 6.36. The molecule has 5 aromatic rings. The van der Waals surface area contributed by atoms with E-state index in [-0.39, 0.29) is 5.41 Å². The topological polar surface area (TPSA) is 0 Å². The minimum atomic E-state index is 0.0824. The Morgan fingerprint density at radius 3 is 1.96 bits per heavy atom. The van der Waals surface area contributed by atoms with Gasteiger partial charge in [-0.3, -0.25) is 0 Å². The fraction of sp³-hybridized carbons (Fsp3) is 0.130. The van der Waals surface area contributed by atoms with Crippen molar-refractivity contribution in [1.29, 1.82) is 0 Å². The van der Waals surface area contributed by atoms with E-state index in [1.807, 2.05) is 0 Å². The van der Waals surface area contributed by atoms with Crippen molar-refractivity contribution in [2.24, 2.45) is 0 Å². The predicted octanol–water partition coefficient (Wildman–Crippen LogP) is 6.38. The molecule has 0 radical (unpaired) electrons. The third kappa shape index (κ3) is 1.15.